The Labute approximate surface area is 163 Å². The van der Waals surface area contributed by atoms with Crippen molar-refractivity contribution in [2.45, 2.75) is 19.5 Å². The molecule has 2 aromatic carbocycles. The smallest absolute Gasteiger partial charge is 0.275 e. The number of likely N-dealkylation sites (N-methyl/N-ethyl adjacent to an activating group) is 1. The quantitative estimate of drug-likeness (QED) is 0.687. The molecule has 0 saturated carbocycles. The maximum absolute atomic E-state index is 12.4. The van der Waals surface area contributed by atoms with Crippen molar-refractivity contribution < 1.29 is 19.2 Å². The molecule has 0 spiro atoms. The van der Waals surface area contributed by atoms with Crippen LogP contribution in [0.4, 0.5) is 0 Å². The predicted octanol–water partition coefficient (Wildman–Crippen LogP) is 2.36. The predicted molar refractivity (Wildman–Crippen MR) is 106 cm³/mol. The van der Waals surface area contributed by atoms with Crippen molar-refractivity contribution in [3.63, 3.8) is 0 Å². The summed E-state index contributed by atoms with van der Waals surface area (Å²) < 4.78 is 11.7. The summed E-state index contributed by atoms with van der Waals surface area (Å²) in [5, 5.41) is 3.05. The lowest BCUT2D eigenvalue weighted by Crippen LogP contribution is -3.08. The van der Waals surface area contributed by atoms with Crippen LogP contribution in [0.15, 0.2) is 46.9 Å². The fraction of sp³-hybridized carbons (Fsp3) is 0.350. The second-order valence-electron chi connectivity index (χ2n) is 6.33. The SMILES string of the molecule is COc1ccc(OC)c([C@H](C)NC(=O)C[NH+](C)Cc2ccc(Br)cc2)c1. The van der Waals surface area contributed by atoms with E-state index in [9.17, 15) is 4.79 Å². The number of rotatable bonds is 8. The van der Waals surface area contributed by atoms with Crippen LogP contribution in [0.3, 0.4) is 0 Å². The molecule has 0 bridgehead atoms. The zero-order chi connectivity index (χ0) is 19.1. The maximum atomic E-state index is 12.4. The van der Waals surface area contributed by atoms with E-state index < -0.39 is 0 Å². The third kappa shape index (κ3) is 5.75. The Morgan fingerprint density at radius 1 is 1.15 bits per heavy atom. The second-order valence-corrected chi connectivity index (χ2v) is 7.25. The van der Waals surface area contributed by atoms with E-state index in [4.69, 9.17) is 9.47 Å². The Balaban J connectivity index is 1.95. The molecule has 1 amide bonds. The van der Waals surface area contributed by atoms with Gasteiger partial charge in [-0.15, -0.1) is 0 Å². The fourth-order valence-corrected chi connectivity index (χ4v) is 3.10. The van der Waals surface area contributed by atoms with Gasteiger partial charge in [0, 0.05) is 15.6 Å². The van der Waals surface area contributed by atoms with Gasteiger partial charge in [-0.1, -0.05) is 28.1 Å². The first kappa shape index (κ1) is 20.3. The van der Waals surface area contributed by atoms with Crippen molar-refractivity contribution in [3.05, 3.63) is 58.1 Å². The van der Waals surface area contributed by atoms with Crippen LogP contribution < -0.4 is 19.7 Å². The largest absolute Gasteiger partial charge is 0.497 e. The fourth-order valence-electron chi connectivity index (χ4n) is 2.84. The van der Waals surface area contributed by atoms with Gasteiger partial charge < -0.3 is 19.7 Å². The lowest BCUT2D eigenvalue weighted by atomic mass is 10.1. The zero-order valence-corrected chi connectivity index (χ0v) is 17.2. The minimum absolute atomic E-state index is 0.00279. The van der Waals surface area contributed by atoms with Crippen LogP contribution in [0.2, 0.25) is 0 Å². The van der Waals surface area contributed by atoms with Crippen LogP contribution in [0.25, 0.3) is 0 Å². The highest BCUT2D eigenvalue weighted by atomic mass is 79.9. The Morgan fingerprint density at radius 3 is 2.46 bits per heavy atom. The maximum Gasteiger partial charge on any atom is 0.275 e. The van der Waals surface area contributed by atoms with Crippen molar-refractivity contribution >= 4 is 21.8 Å². The number of hydrogen-bond donors (Lipinski definition) is 2. The van der Waals surface area contributed by atoms with Crippen molar-refractivity contribution in [2.24, 2.45) is 0 Å². The highest BCUT2D eigenvalue weighted by Gasteiger charge is 2.17. The first-order chi connectivity index (χ1) is 12.4. The van der Waals surface area contributed by atoms with Crippen LogP contribution in [0.1, 0.15) is 24.1 Å². The number of carbonyl (C=O) groups excluding carboxylic acids is 1. The molecule has 2 N–H and O–H groups in total. The molecule has 0 heterocycles. The number of nitrogens with one attached hydrogen (secondary N) is 2. The Hall–Kier alpha value is -2.05. The summed E-state index contributed by atoms with van der Waals surface area (Å²) in [5.41, 5.74) is 2.09. The molecule has 0 saturated heterocycles. The number of benzene rings is 2. The number of halogens is 1. The summed E-state index contributed by atoms with van der Waals surface area (Å²) in [6.45, 7) is 3.13. The molecule has 0 radical (unpaired) electrons. The molecule has 140 valence electrons. The van der Waals surface area contributed by atoms with Crippen LogP contribution >= 0.6 is 15.9 Å². The van der Waals surface area contributed by atoms with Gasteiger partial charge in [0.05, 0.1) is 27.3 Å². The van der Waals surface area contributed by atoms with Gasteiger partial charge in [0.15, 0.2) is 6.54 Å². The van der Waals surface area contributed by atoms with Gasteiger partial charge in [-0.3, -0.25) is 4.79 Å². The summed E-state index contributed by atoms with van der Waals surface area (Å²) in [5.74, 6) is 1.46. The van der Waals surface area contributed by atoms with Gasteiger partial charge in [-0.05, 0) is 37.3 Å². The van der Waals surface area contributed by atoms with E-state index in [-0.39, 0.29) is 11.9 Å². The van der Waals surface area contributed by atoms with Gasteiger partial charge in [0.1, 0.15) is 18.0 Å². The molecular formula is C20H26BrN2O3+. The van der Waals surface area contributed by atoms with Crippen LogP contribution in [-0.4, -0.2) is 33.7 Å². The van der Waals surface area contributed by atoms with E-state index in [1.54, 1.807) is 14.2 Å². The Kier molecular flexibility index (Phi) is 7.48. The summed E-state index contributed by atoms with van der Waals surface area (Å²) in [6, 6.07) is 13.6. The monoisotopic (exact) mass is 421 g/mol. The van der Waals surface area contributed by atoms with Gasteiger partial charge in [0.2, 0.25) is 0 Å². The van der Waals surface area contributed by atoms with Crippen molar-refractivity contribution in [3.8, 4) is 11.5 Å². The van der Waals surface area contributed by atoms with Gasteiger partial charge >= 0.3 is 0 Å². The highest BCUT2D eigenvalue weighted by molar-refractivity contribution is 9.10. The molecule has 2 rings (SSSR count). The van der Waals surface area contributed by atoms with Crippen LogP contribution in [0, 0.1) is 0 Å². The van der Waals surface area contributed by atoms with E-state index in [1.807, 2.05) is 44.3 Å². The molecule has 6 heteroatoms. The topological polar surface area (TPSA) is 52.0 Å². The van der Waals surface area contributed by atoms with E-state index in [1.165, 1.54) is 5.56 Å². The molecule has 5 nitrogen and oxygen atoms in total. The van der Waals surface area contributed by atoms with Crippen molar-refractivity contribution in [1.29, 1.82) is 0 Å². The minimum Gasteiger partial charge on any atom is -0.497 e. The Morgan fingerprint density at radius 2 is 1.85 bits per heavy atom. The third-order valence-corrected chi connectivity index (χ3v) is 4.69. The Bertz CT molecular complexity index is 734. The van der Waals surface area contributed by atoms with Crippen LogP contribution in [-0.2, 0) is 11.3 Å². The molecular weight excluding hydrogens is 396 g/mol. The molecule has 0 aliphatic carbocycles. The van der Waals surface area contributed by atoms with E-state index in [0.717, 1.165) is 33.0 Å². The molecule has 0 aliphatic heterocycles. The molecule has 0 aromatic heterocycles. The van der Waals surface area contributed by atoms with Crippen molar-refractivity contribution in [2.75, 3.05) is 27.8 Å². The summed E-state index contributed by atoms with van der Waals surface area (Å²) in [7, 11) is 5.25. The highest BCUT2D eigenvalue weighted by Crippen LogP contribution is 2.29. The number of quaternary nitrogens is 1. The molecule has 2 aromatic rings. The zero-order valence-electron chi connectivity index (χ0n) is 15.6. The third-order valence-electron chi connectivity index (χ3n) is 4.16. The minimum atomic E-state index is -0.173. The van der Waals surface area contributed by atoms with E-state index in [2.05, 4.69) is 33.4 Å². The molecule has 1 unspecified atom stereocenters. The summed E-state index contributed by atoms with van der Waals surface area (Å²) in [6.07, 6.45) is 0. The van der Waals surface area contributed by atoms with E-state index >= 15 is 0 Å². The normalized spacial score (nSPS) is 13.0. The van der Waals surface area contributed by atoms with Crippen molar-refractivity contribution in [1.82, 2.24) is 5.32 Å². The van der Waals surface area contributed by atoms with Crippen LogP contribution in [0.5, 0.6) is 11.5 Å². The second kappa shape index (κ2) is 9.59. The van der Waals surface area contributed by atoms with E-state index in [0.29, 0.717) is 6.54 Å². The average molecular weight is 422 g/mol. The van der Waals surface area contributed by atoms with Gasteiger partial charge in [0.25, 0.3) is 5.91 Å². The standard InChI is InChI=1S/C20H25BrN2O3/c1-14(18-11-17(25-3)9-10-19(18)26-4)22-20(24)13-23(2)12-15-5-7-16(21)8-6-15/h5-11,14H,12-13H2,1-4H3,(H,22,24)/p+1/t14-/m0/s1. The number of ether oxygens (including phenoxy) is 2. The lowest BCUT2D eigenvalue weighted by molar-refractivity contribution is -0.885. The summed E-state index contributed by atoms with van der Waals surface area (Å²) in [4.78, 5) is 13.5. The number of methoxy groups -OCH3 is 2. The molecule has 2 atom stereocenters. The van der Waals surface area contributed by atoms with Gasteiger partial charge in [-0.2, -0.15) is 0 Å². The molecule has 0 aliphatic rings. The number of amides is 1. The molecule has 26 heavy (non-hydrogen) atoms. The summed E-state index contributed by atoms with van der Waals surface area (Å²) >= 11 is 3.43. The number of hydrogen-bond acceptors (Lipinski definition) is 3. The first-order valence-electron chi connectivity index (χ1n) is 8.50. The lowest BCUT2D eigenvalue weighted by Gasteiger charge is -2.20. The number of carbonyl (C=O) groups is 1. The molecule has 0 fully saturated rings. The van der Waals surface area contributed by atoms with Gasteiger partial charge in [-0.25, -0.2) is 0 Å². The first-order valence-corrected chi connectivity index (χ1v) is 9.29. The average Bonchev–Trinajstić information content (AvgIpc) is 2.62.